The second-order valence-electron chi connectivity index (χ2n) is 7.60. The molecule has 0 saturated heterocycles. The van der Waals surface area contributed by atoms with Crippen molar-refractivity contribution in [3.05, 3.63) is 133 Å². The fraction of sp³-hybridized carbons (Fsp3) is 0.103. The lowest BCUT2D eigenvalue weighted by atomic mass is 10.4. The van der Waals surface area contributed by atoms with Crippen LogP contribution in [0.2, 0.25) is 0 Å². The van der Waals surface area contributed by atoms with Gasteiger partial charge in [-0.15, -0.1) is 0 Å². The first-order chi connectivity index (χ1) is 15.2. The molecule has 0 aliphatic heterocycles. The lowest BCUT2D eigenvalue weighted by Gasteiger charge is -2.26. The van der Waals surface area contributed by atoms with E-state index in [1.807, 2.05) is 0 Å². The molecule has 0 saturated carbocycles. The Hall–Kier alpha value is -2.52. The Kier molecular flexibility index (Phi) is 7.48. The highest BCUT2D eigenvalue weighted by Crippen LogP contribution is 2.46. The van der Waals surface area contributed by atoms with E-state index in [4.69, 9.17) is 0 Å². The van der Waals surface area contributed by atoms with Crippen LogP contribution in [0.5, 0.6) is 0 Å². The first-order valence-electron chi connectivity index (χ1n) is 10.7. The lowest BCUT2D eigenvalue weighted by Crippen LogP contribution is -2.19. The number of hydrogen-bond acceptors (Lipinski definition) is 0. The van der Waals surface area contributed by atoms with Crippen LogP contribution in [0, 0.1) is 0 Å². The molecule has 1 atom stereocenters. The number of hydrogen-bond donors (Lipinski definition) is 0. The van der Waals surface area contributed by atoms with Crippen LogP contribution in [0.25, 0.3) is 0 Å². The minimum Gasteiger partial charge on any atom is -0.0727 e. The summed E-state index contributed by atoms with van der Waals surface area (Å²) in [5.41, 5.74) is 0.442. The van der Waals surface area contributed by atoms with Crippen LogP contribution in [0.4, 0.5) is 0 Å². The monoisotopic (exact) mass is 438 g/mol. The average Bonchev–Trinajstić information content (AvgIpc) is 2.82. The van der Waals surface area contributed by atoms with Crippen LogP contribution >= 0.6 is 15.8 Å². The van der Waals surface area contributed by atoms with Crippen molar-refractivity contribution >= 4 is 37.1 Å². The normalized spacial score (nSPS) is 12.8. The molecule has 0 N–H and O–H groups in total. The van der Waals surface area contributed by atoms with Gasteiger partial charge in [-0.05, 0) is 49.3 Å². The molecule has 0 amide bonds. The van der Waals surface area contributed by atoms with Crippen molar-refractivity contribution < 1.29 is 0 Å². The molecule has 0 aromatic heterocycles. The van der Waals surface area contributed by atoms with Crippen molar-refractivity contribution in [1.29, 1.82) is 0 Å². The van der Waals surface area contributed by atoms with Crippen molar-refractivity contribution in [2.45, 2.75) is 19.5 Å². The first kappa shape index (κ1) is 21.7. The minimum atomic E-state index is -0.536. The van der Waals surface area contributed by atoms with Gasteiger partial charge in [0.25, 0.3) is 0 Å². The summed E-state index contributed by atoms with van der Waals surface area (Å²) >= 11 is 0. The van der Waals surface area contributed by atoms with Crippen molar-refractivity contribution in [2.75, 3.05) is 0 Å². The van der Waals surface area contributed by atoms with Gasteiger partial charge in [0.2, 0.25) is 0 Å². The molecule has 0 heterocycles. The molecule has 0 unspecified atom stereocenters. The maximum absolute atomic E-state index is 2.54. The Morgan fingerprint density at radius 1 is 0.548 bits per heavy atom. The smallest absolute Gasteiger partial charge is 0.00286 e. The van der Waals surface area contributed by atoms with E-state index in [-0.39, 0.29) is 0 Å². The topological polar surface area (TPSA) is 0 Å². The van der Waals surface area contributed by atoms with Gasteiger partial charge in [-0.3, -0.25) is 0 Å². The zero-order valence-corrected chi connectivity index (χ0v) is 19.9. The summed E-state index contributed by atoms with van der Waals surface area (Å²) in [7, 11) is -1.01. The maximum Gasteiger partial charge on any atom is 0.00286 e. The van der Waals surface area contributed by atoms with Gasteiger partial charge in [0.15, 0.2) is 0 Å². The third-order valence-electron chi connectivity index (χ3n) is 5.34. The zero-order chi connectivity index (χ0) is 21.5. The summed E-state index contributed by atoms with van der Waals surface area (Å²) in [6.45, 7) is 4.71. The van der Waals surface area contributed by atoms with Crippen molar-refractivity contribution in [3.8, 4) is 0 Å². The standard InChI is InChI=1S/C29H28P2/c1-24(30(26-15-7-3-8-16-26)27-17-9-4-10-18-27)23-25(2)31(28-19-11-5-12-20-28)29-21-13-6-14-22-29/h3-24H,1-2H3/b25-23-/t24-/m1/s1. The van der Waals surface area contributed by atoms with E-state index in [0.29, 0.717) is 5.66 Å². The first-order valence-corrected chi connectivity index (χ1v) is 13.5. The second kappa shape index (κ2) is 10.7. The Morgan fingerprint density at radius 2 is 0.871 bits per heavy atom. The molecule has 2 heteroatoms. The molecule has 0 aliphatic rings. The number of allylic oxidation sites excluding steroid dienone is 2. The molecule has 0 radical (unpaired) electrons. The van der Waals surface area contributed by atoms with Gasteiger partial charge in [-0.25, -0.2) is 0 Å². The van der Waals surface area contributed by atoms with Gasteiger partial charge in [0.05, 0.1) is 0 Å². The molecular formula is C29H28P2. The summed E-state index contributed by atoms with van der Waals surface area (Å²) < 4.78 is 0. The van der Waals surface area contributed by atoms with Gasteiger partial charge in [-0.1, -0.05) is 134 Å². The SMILES string of the molecule is C/C(=C/[C@@H](C)P(c1ccccc1)c1ccccc1)P(c1ccccc1)c1ccccc1. The fourth-order valence-corrected chi connectivity index (χ4v) is 9.15. The van der Waals surface area contributed by atoms with Crippen LogP contribution in [-0.2, 0) is 0 Å². The summed E-state index contributed by atoms with van der Waals surface area (Å²) in [5.74, 6) is 0. The van der Waals surface area contributed by atoms with Crippen molar-refractivity contribution in [2.24, 2.45) is 0 Å². The van der Waals surface area contributed by atoms with Crippen LogP contribution in [0.3, 0.4) is 0 Å². The van der Waals surface area contributed by atoms with E-state index in [2.05, 4.69) is 141 Å². The largest absolute Gasteiger partial charge is 0.0727 e. The predicted molar refractivity (Wildman–Crippen MR) is 141 cm³/mol. The lowest BCUT2D eigenvalue weighted by molar-refractivity contribution is 1.22. The van der Waals surface area contributed by atoms with E-state index >= 15 is 0 Å². The molecular weight excluding hydrogens is 410 g/mol. The molecule has 0 spiro atoms. The molecule has 0 nitrogen and oxygen atoms in total. The van der Waals surface area contributed by atoms with Gasteiger partial charge in [0, 0.05) is 5.66 Å². The third-order valence-corrected chi connectivity index (χ3v) is 10.5. The van der Waals surface area contributed by atoms with Crippen LogP contribution in [0.1, 0.15) is 13.8 Å². The van der Waals surface area contributed by atoms with Gasteiger partial charge in [0.1, 0.15) is 0 Å². The van der Waals surface area contributed by atoms with Crippen LogP contribution < -0.4 is 21.2 Å². The fourth-order valence-electron chi connectivity index (χ4n) is 4.01. The number of rotatable bonds is 7. The van der Waals surface area contributed by atoms with Crippen molar-refractivity contribution in [3.63, 3.8) is 0 Å². The summed E-state index contributed by atoms with van der Waals surface area (Å²) in [4.78, 5) is 0. The molecule has 4 aromatic rings. The molecule has 4 rings (SSSR count). The predicted octanol–water partition coefficient (Wildman–Crippen LogP) is 6.54. The average molecular weight is 438 g/mol. The van der Waals surface area contributed by atoms with E-state index in [1.165, 1.54) is 26.5 Å². The molecule has 154 valence electrons. The van der Waals surface area contributed by atoms with Gasteiger partial charge in [-0.2, -0.15) is 0 Å². The Labute approximate surface area is 189 Å². The molecule has 4 aromatic carbocycles. The van der Waals surface area contributed by atoms with Crippen LogP contribution in [0.15, 0.2) is 133 Å². The quantitative estimate of drug-likeness (QED) is 0.287. The molecule has 0 bridgehead atoms. The van der Waals surface area contributed by atoms with E-state index in [1.54, 1.807) is 0 Å². The second-order valence-corrected chi connectivity index (χ2v) is 12.6. The number of benzene rings is 4. The van der Waals surface area contributed by atoms with E-state index < -0.39 is 15.8 Å². The van der Waals surface area contributed by atoms with Crippen LogP contribution in [-0.4, -0.2) is 5.66 Å². The van der Waals surface area contributed by atoms with E-state index in [0.717, 1.165) is 0 Å². The Balaban J connectivity index is 1.74. The molecule has 0 fully saturated rings. The highest BCUT2D eigenvalue weighted by Gasteiger charge is 2.22. The minimum absolute atomic E-state index is 0.442. The highest BCUT2D eigenvalue weighted by atomic mass is 31.1. The van der Waals surface area contributed by atoms with Gasteiger partial charge >= 0.3 is 0 Å². The summed E-state index contributed by atoms with van der Waals surface area (Å²) in [6, 6.07) is 44.0. The van der Waals surface area contributed by atoms with Gasteiger partial charge < -0.3 is 0 Å². The Bertz CT molecular complexity index is 1010. The summed E-state index contributed by atoms with van der Waals surface area (Å²) in [6.07, 6.45) is 2.54. The van der Waals surface area contributed by atoms with Crippen molar-refractivity contribution in [1.82, 2.24) is 0 Å². The maximum atomic E-state index is 2.54. The molecule has 0 aliphatic carbocycles. The zero-order valence-electron chi connectivity index (χ0n) is 18.1. The highest BCUT2D eigenvalue weighted by molar-refractivity contribution is 7.77. The molecule has 31 heavy (non-hydrogen) atoms. The third kappa shape index (κ3) is 5.40. The summed E-state index contributed by atoms with van der Waals surface area (Å²) in [5, 5.41) is 7.16. The van der Waals surface area contributed by atoms with E-state index in [9.17, 15) is 0 Å². The Morgan fingerprint density at radius 3 is 1.23 bits per heavy atom.